The van der Waals surface area contributed by atoms with Gasteiger partial charge in [0, 0.05) is 11.1 Å². The van der Waals surface area contributed by atoms with E-state index in [0.717, 1.165) is 41.9 Å². The number of aromatic hydroxyl groups is 2. The minimum atomic E-state index is 0.172. The number of phenolic OH excluding ortho intramolecular Hbond substituents is 2. The third-order valence-electron chi connectivity index (χ3n) is 4.06. The van der Waals surface area contributed by atoms with Crippen LogP contribution in [0.4, 0.5) is 0 Å². The van der Waals surface area contributed by atoms with Crippen molar-refractivity contribution >= 4 is 21.5 Å². The molecule has 0 heterocycles. The number of benzene rings is 4. The summed E-state index contributed by atoms with van der Waals surface area (Å²) < 4.78 is 8.25. The average Bonchev–Trinajstić information content (AvgIpc) is 2.64. The summed E-state index contributed by atoms with van der Waals surface area (Å²) in [7, 11) is 0. The first-order valence-corrected chi connectivity index (χ1v) is 8.01. The molecule has 0 aliphatic carbocycles. The maximum absolute atomic E-state index is 10.4. The Labute approximate surface area is 150 Å². The zero-order valence-electron chi connectivity index (χ0n) is 12.7. The molecular weight excluding hydrogens is 336 g/mol. The SMILES string of the molecule is Oc1ccc2ccccc2c1-c1c(O)ccc2ccccc12.[O]=[Ti]. The van der Waals surface area contributed by atoms with Crippen LogP contribution in [-0.4, -0.2) is 10.2 Å². The molecule has 0 radical (unpaired) electrons. The van der Waals surface area contributed by atoms with Gasteiger partial charge < -0.3 is 10.2 Å². The normalized spacial score (nSPS) is 10.3. The minimum absolute atomic E-state index is 0.172. The number of hydrogen-bond donors (Lipinski definition) is 2. The van der Waals surface area contributed by atoms with E-state index >= 15 is 0 Å². The zero-order valence-corrected chi connectivity index (χ0v) is 14.3. The molecule has 0 aromatic heterocycles. The fourth-order valence-electron chi connectivity index (χ4n) is 3.05. The Morgan fingerprint density at radius 3 is 1.33 bits per heavy atom. The summed E-state index contributed by atoms with van der Waals surface area (Å²) in [5.41, 5.74) is 1.35. The molecule has 24 heavy (non-hydrogen) atoms. The molecule has 0 bridgehead atoms. The molecule has 4 heteroatoms. The van der Waals surface area contributed by atoms with E-state index in [4.69, 9.17) is 3.32 Å². The first kappa shape index (κ1) is 16.4. The molecule has 0 saturated heterocycles. The van der Waals surface area contributed by atoms with Crippen LogP contribution in [0.25, 0.3) is 32.7 Å². The first-order valence-electron chi connectivity index (χ1n) is 7.38. The second-order valence-electron chi connectivity index (χ2n) is 5.36. The van der Waals surface area contributed by atoms with Gasteiger partial charge in [-0.1, -0.05) is 60.7 Å². The van der Waals surface area contributed by atoms with Crippen LogP contribution in [0.15, 0.2) is 72.8 Å². The van der Waals surface area contributed by atoms with Crippen molar-refractivity contribution in [2.75, 3.05) is 0 Å². The van der Waals surface area contributed by atoms with Crippen LogP contribution < -0.4 is 0 Å². The van der Waals surface area contributed by atoms with E-state index in [9.17, 15) is 10.2 Å². The van der Waals surface area contributed by atoms with Crippen LogP contribution in [0.2, 0.25) is 0 Å². The van der Waals surface area contributed by atoms with Crippen molar-refractivity contribution < 1.29 is 33.9 Å². The molecule has 0 fully saturated rings. The Balaban J connectivity index is 0.000000815. The van der Waals surface area contributed by atoms with Crippen LogP contribution in [0.1, 0.15) is 0 Å². The first-order chi connectivity index (χ1) is 11.8. The molecule has 4 aromatic carbocycles. The summed E-state index contributed by atoms with van der Waals surface area (Å²) in [4.78, 5) is 0. The molecule has 0 aliphatic heterocycles. The van der Waals surface area contributed by atoms with Gasteiger partial charge in [0.2, 0.25) is 0 Å². The number of phenols is 2. The molecule has 4 rings (SSSR count). The van der Waals surface area contributed by atoms with E-state index in [2.05, 4.69) is 0 Å². The molecule has 3 nitrogen and oxygen atoms in total. The van der Waals surface area contributed by atoms with Crippen molar-refractivity contribution in [2.45, 2.75) is 0 Å². The Bertz CT molecular complexity index is 944. The predicted octanol–water partition coefficient (Wildman–Crippen LogP) is 4.95. The molecular formula is C20H14O3Ti. The van der Waals surface area contributed by atoms with Gasteiger partial charge in [-0.15, -0.1) is 0 Å². The van der Waals surface area contributed by atoms with Gasteiger partial charge >= 0.3 is 23.7 Å². The fourth-order valence-corrected chi connectivity index (χ4v) is 3.05. The summed E-state index contributed by atoms with van der Waals surface area (Å²) >= 11 is 0.750. The van der Waals surface area contributed by atoms with Crippen LogP contribution in [0.5, 0.6) is 11.5 Å². The van der Waals surface area contributed by atoms with E-state index in [1.54, 1.807) is 12.1 Å². The second kappa shape index (κ2) is 6.96. The van der Waals surface area contributed by atoms with E-state index < -0.39 is 0 Å². The standard InChI is InChI=1S/C20H14O2.O.Ti/c21-17-11-9-13-5-1-3-7-15(13)19(17)20-16-8-4-2-6-14(16)10-12-18(20)22;;/h1-12,21-22H;;. The zero-order chi connectivity index (χ0) is 17.1. The van der Waals surface area contributed by atoms with Gasteiger partial charge in [-0.2, -0.15) is 0 Å². The Kier molecular flexibility index (Phi) is 4.75. The Morgan fingerprint density at radius 1 is 0.542 bits per heavy atom. The van der Waals surface area contributed by atoms with Crippen LogP contribution in [0.3, 0.4) is 0 Å². The van der Waals surface area contributed by atoms with E-state index in [-0.39, 0.29) is 11.5 Å². The van der Waals surface area contributed by atoms with Crippen molar-refractivity contribution in [3.05, 3.63) is 72.8 Å². The third-order valence-corrected chi connectivity index (χ3v) is 4.06. The van der Waals surface area contributed by atoms with Gasteiger partial charge in [0.05, 0.1) is 0 Å². The molecule has 0 atom stereocenters. The summed E-state index contributed by atoms with van der Waals surface area (Å²) in [6.07, 6.45) is 0. The molecule has 0 spiro atoms. The quantitative estimate of drug-likeness (QED) is 0.478. The molecule has 4 aromatic rings. The van der Waals surface area contributed by atoms with Crippen molar-refractivity contribution in [1.29, 1.82) is 0 Å². The van der Waals surface area contributed by atoms with Gasteiger partial charge in [-0.3, -0.25) is 0 Å². The number of fused-ring (bicyclic) bond motifs is 2. The van der Waals surface area contributed by atoms with Crippen LogP contribution in [-0.2, 0) is 23.7 Å². The molecule has 2 N–H and O–H groups in total. The monoisotopic (exact) mass is 350 g/mol. The molecule has 0 unspecified atom stereocenters. The van der Waals surface area contributed by atoms with Crippen molar-refractivity contribution in [1.82, 2.24) is 0 Å². The maximum atomic E-state index is 10.4. The van der Waals surface area contributed by atoms with Crippen molar-refractivity contribution in [3.8, 4) is 22.6 Å². The van der Waals surface area contributed by atoms with Gasteiger partial charge in [0.1, 0.15) is 11.5 Å². The van der Waals surface area contributed by atoms with Gasteiger partial charge in [-0.25, -0.2) is 0 Å². The fraction of sp³-hybridized carbons (Fsp3) is 0. The number of hydrogen-bond acceptors (Lipinski definition) is 3. The summed E-state index contributed by atoms with van der Waals surface area (Å²) in [5, 5.41) is 24.8. The summed E-state index contributed by atoms with van der Waals surface area (Å²) in [6, 6.07) is 22.9. The summed E-state index contributed by atoms with van der Waals surface area (Å²) in [5.74, 6) is 0.343. The van der Waals surface area contributed by atoms with Crippen LogP contribution in [0, 0.1) is 0 Å². The molecule has 0 saturated carbocycles. The van der Waals surface area contributed by atoms with Crippen molar-refractivity contribution in [2.24, 2.45) is 0 Å². The predicted molar refractivity (Wildman–Crippen MR) is 90.9 cm³/mol. The van der Waals surface area contributed by atoms with Crippen LogP contribution >= 0.6 is 0 Å². The van der Waals surface area contributed by atoms with E-state index in [0.29, 0.717) is 11.1 Å². The van der Waals surface area contributed by atoms with Gasteiger partial charge in [-0.05, 0) is 33.7 Å². The van der Waals surface area contributed by atoms with Crippen molar-refractivity contribution in [3.63, 3.8) is 0 Å². The van der Waals surface area contributed by atoms with Gasteiger partial charge in [0.25, 0.3) is 0 Å². The molecule has 0 amide bonds. The third kappa shape index (κ3) is 2.73. The Hall–Kier alpha value is -2.49. The summed E-state index contributed by atoms with van der Waals surface area (Å²) in [6.45, 7) is 0. The van der Waals surface area contributed by atoms with E-state index in [1.807, 2.05) is 60.7 Å². The molecule has 0 aliphatic rings. The topological polar surface area (TPSA) is 57.5 Å². The van der Waals surface area contributed by atoms with Gasteiger partial charge in [0.15, 0.2) is 0 Å². The Morgan fingerprint density at radius 2 is 0.917 bits per heavy atom. The molecule has 116 valence electrons. The average molecular weight is 350 g/mol. The van der Waals surface area contributed by atoms with E-state index in [1.165, 1.54) is 0 Å². The second-order valence-corrected chi connectivity index (χ2v) is 5.36. The number of rotatable bonds is 1.